The molecule has 0 aromatic carbocycles. The Kier molecular flexibility index (Phi) is 5.21. The van der Waals surface area contributed by atoms with Crippen molar-refractivity contribution in [1.29, 1.82) is 0 Å². The van der Waals surface area contributed by atoms with Gasteiger partial charge in [0.05, 0.1) is 31.6 Å². The van der Waals surface area contributed by atoms with E-state index in [0.29, 0.717) is 37.7 Å². The molecule has 1 aliphatic rings. The second-order valence-corrected chi connectivity index (χ2v) is 6.79. The summed E-state index contributed by atoms with van der Waals surface area (Å²) in [4.78, 5) is 26.9. The number of rotatable bonds is 6. The fourth-order valence-electron chi connectivity index (χ4n) is 2.95. The van der Waals surface area contributed by atoms with Gasteiger partial charge in [0.15, 0.2) is 0 Å². The van der Waals surface area contributed by atoms with Gasteiger partial charge in [-0.3, -0.25) is 14.3 Å². The normalized spacial score (nSPS) is 16.8. The SMILES string of the molecule is CC(C)CCC(=O)N1Cc2ccnn2[C@H](C(=O)NCc2ccco2)C1. The van der Waals surface area contributed by atoms with Gasteiger partial charge in [-0.2, -0.15) is 5.10 Å². The van der Waals surface area contributed by atoms with Gasteiger partial charge in [0, 0.05) is 12.6 Å². The minimum Gasteiger partial charge on any atom is -0.467 e. The van der Waals surface area contributed by atoms with E-state index in [1.165, 1.54) is 0 Å². The van der Waals surface area contributed by atoms with Gasteiger partial charge in [0.2, 0.25) is 11.8 Å². The molecule has 3 heterocycles. The summed E-state index contributed by atoms with van der Waals surface area (Å²) < 4.78 is 6.95. The van der Waals surface area contributed by atoms with E-state index in [9.17, 15) is 9.59 Å². The summed E-state index contributed by atoms with van der Waals surface area (Å²) in [5, 5.41) is 7.13. The van der Waals surface area contributed by atoms with Crippen LogP contribution in [0.5, 0.6) is 0 Å². The molecule has 0 radical (unpaired) electrons. The monoisotopic (exact) mass is 344 g/mol. The molecule has 2 amide bonds. The van der Waals surface area contributed by atoms with Crippen LogP contribution in [0.2, 0.25) is 0 Å². The first kappa shape index (κ1) is 17.3. The first-order valence-electron chi connectivity index (χ1n) is 8.65. The molecule has 134 valence electrons. The Morgan fingerprint density at radius 2 is 2.24 bits per heavy atom. The fourth-order valence-corrected chi connectivity index (χ4v) is 2.95. The molecule has 1 aliphatic heterocycles. The summed E-state index contributed by atoms with van der Waals surface area (Å²) in [6.45, 7) is 5.36. The van der Waals surface area contributed by atoms with Crippen LogP contribution >= 0.6 is 0 Å². The molecule has 2 aromatic heterocycles. The number of nitrogens with one attached hydrogen (secondary N) is 1. The van der Waals surface area contributed by atoms with Gasteiger partial charge in [0.25, 0.3) is 0 Å². The zero-order chi connectivity index (χ0) is 17.8. The number of carbonyl (C=O) groups is 2. The highest BCUT2D eigenvalue weighted by Gasteiger charge is 2.32. The molecule has 0 spiro atoms. The Labute approximate surface area is 147 Å². The van der Waals surface area contributed by atoms with Crippen molar-refractivity contribution in [2.24, 2.45) is 5.92 Å². The van der Waals surface area contributed by atoms with Gasteiger partial charge >= 0.3 is 0 Å². The van der Waals surface area contributed by atoms with Crippen molar-refractivity contribution >= 4 is 11.8 Å². The van der Waals surface area contributed by atoms with Gasteiger partial charge in [-0.05, 0) is 30.5 Å². The lowest BCUT2D eigenvalue weighted by Crippen LogP contribution is -2.47. The summed E-state index contributed by atoms with van der Waals surface area (Å²) in [6.07, 6.45) is 4.60. The summed E-state index contributed by atoms with van der Waals surface area (Å²) in [6, 6.07) is 4.93. The third kappa shape index (κ3) is 4.10. The number of fused-ring (bicyclic) bond motifs is 1. The van der Waals surface area contributed by atoms with Crippen LogP contribution in [0.15, 0.2) is 35.1 Å². The Morgan fingerprint density at radius 3 is 2.96 bits per heavy atom. The Bertz CT molecular complexity index is 721. The molecule has 0 saturated heterocycles. The molecule has 0 unspecified atom stereocenters. The summed E-state index contributed by atoms with van der Waals surface area (Å²) in [5.74, 6) is 1.09. The van der Waals surface area contributed by atoms with E-state index in [1.807, 2.05) is 12.1 Å². The zero-order valence-corrected chi connectivity index (χ0v) is 14.6. The maximum atomic E-state index is 12.6. The predicted molar refractivity (Wildman–Crippen MR) is 91.3 cm³/mol. The van der Waals surface area contributed by atoms with E-state index < -0.39 is 6.04 Å². The quantitative estimate of drug-likeness (QED) is 0.870. The van der Waals surface area contributed by atoms with Crippen LogP contribution in [-0.2, 0) is 22.7 Å². The van der Waals surface area contributed by atoms with E-state index in [-0.39, 0.29) is 11.8 Å². The molecule has 0 saturated carbocycles. The average Bonchev–Trinajstić information content (AvgIpc) is 3.27. The van der Waals surface area contributed by atoms with Gasteiger partial charge in [-0.25, -0.2) is 0 Å². The molecule has 1 N–H and O–H groups in total. The zero-order valence-electron chi connectivity index (χ0n) is 14.6. The molecule has 0 aliphatic carbocycles. The average molecular weight is 344 g/mol. The first-order valence-corrected chi connectivity index (χ1v) is 8.65. The van der Waals surface area contributed by atoms with E-state index >= 15 is 0 Å². The lowest BCUT2D eigenvalue weighted by molar-refractivity contribution is -0.135. The van der Waals surface area contributed by atoms with Crippen molar-refractivity contribution in [3.8, 4) is 0 Å². The standard InChI is InChI=1S/C18H24N4O3/c1-13(2)5-6-17(23)21-11-14-7-8-20-22(14)16(12-21)18(24)19-10-15-4-3-9-25-15/h3-4,7-9,13,16H,5-6,10-12H2,1-2H3,(H,19,24)/t16-/m0/s1. The molecule has 3 rings (SSSR count). The number of carbonyl (C=O) groups excluding carboxylic acids is 2. The van der Waals surface area contributed by atoms with Gasteiger partial charge < -0.3 is 14.6 Å². The maximum absolute atomic E-state index is 12.6. The van der Waals surface area contributed by atoms with E-state index in [0.717, 1.165) is 12.1 Å². The van der Waals surface area contributed by atoms with Crippen molar-refractivity contribution < 1.29 is 14.0 Å². The number of amides is 2. The number of nitrogens with zero attached hydrogens (tertiary/aromatic N) is 3. The Morgan fingerprint density at radius 1 is 1.40 bits per heavy atom. The van der Waals surface area contributed by atoms with Crippen molar-refractivity contribution in [3.63, 3.8) is 0 Å². The minimum atomic E-state index is -0.517. The third-order valence-corrected chi connectivity index (χ3v) is 4.40. The van der Waals surface area contributed by atoms with E-state index in [2.05, 4.69) is 24.3 Å². The van der Waals surface area contributed by atoms with E-state index in [4.69, 9.17) is 4.42 Å². The van der Waals surface area contributed by atoms with Crippen LogP contribution in [0, 0.1) is 5.92 Å². The van der Waals surface area contributed by atoms with Crippen molar-refractivity contribution in [1.82, 2.24) is 20.0 Å². The van der Waals surface area contributed by atoms with Crippen LogP contribution in [0.1, 0.15) is 44.2 Å². The van der Waals surface area contributed by atoms with Crippen LogP contribution in [0.3, 0.4) is 0 Å². The lowest BCUT2D eigenvalue weighted by atomic mass is 10.1. The summed E-state index contributed by atoms with van der Waals surface area (Å²) in [5.41, 5.74) is 0.877. The van der Waals surface area contributed by atoms with Crippen LogP contribution in [0.25, 0.3) is 0 Å². The van der Waals surface area contributed by atoms with Gasteiger partial charge in [0.1, 0.15) is 11.8 Å². The van der Waals surface area contributed by atoms with Crippen LogP contribution < -0.4 is 5.32 Å². The van der Waals surface area contributed by atoms with Crippen molar-refractivity contribution in [2.75, 3.05) is 6.54 Å². The van der Waals surface area contributed by atoms with E-state index in [1.54, 1.807) is 28.1 Å². The second-order valence-electron chi connectivity index (χ2n) is 6.79. The highest BCUT2D eigenvalue weighted by atomic mass is 16.3. The third-order valence-electron chi connectivity index (χ3n) is 4.40. The predicted octanol–water partition coefficient (Wildman–Crippen LogP) is 2.11. The molecule has 1 atom stereocenters. The molecular formula is C18H24N4O3. The molecule has 0 bridgehead atoms. The van der Waals surface area contributed by atoms with Crippen LogP contribution in [-0.4, -0.2) is 33.0 Å². The summed E-state index contributed by atoms with van der Waals surface area (Å²) in [7, 11) is 0. The Balaban J connectivity index is 1.67. The second kappa shape index (κ2) is 7.55. The molecule has 25 heavy (non-hydrogen) atoms. The first-order chi connectivity index (χ1) is 12.0. The van der Waals surface area contributed by atoms with Crippen molar-refractivity contribution in [3.05, 3.63) is 42.1 Å². The van der Waals surface area contributed by atoms with Crippen LogP contribution in [0.4, 0.5) is 0 Å². The van der Waals surface area contributed by atoms with Gasteiger partial charge in [-0.1, -0.05) is 13.8 Å². The maximum Gasteiger partial charge on any atom is 0.247 e. The lowest BCUT2D eigenvalue weighted by Gasteiger charge is -2.33. The molecule has 2 aromatic rings. The molecular weight excluding hydrogens is 320 g/mol. The fraction of sp³-hybridized carbons (Fsp3) is 0.500. The number of hydrogen-bond acceptors (Lipinski definition) is 4. The molecule has 7 heteroatoms. The molecule has 0 fully saturated rings. The number of hydrogen-bond donors (Lipinski definition) is 1. The topological polar surface area (TPSA) is 80.4 Å². The summed E-state index contributed by atoms with van der Waals surface area (Å²) >= 11 is 0. The van der Waals surface area contributed by atoms with Crippen molar-refractivity contribution in [2.45, 2.75) is 45.8 Å². The highest BCUT2D eigenvalue weighted by Crippen LogP contribution is 2.22. The highest BCUT2D eigenvalue weighted by molar-refractivity contribution is 5.82. The largest absolute Gasteiger partial charge is 0.467 e. The molecule has 7 nitrogen and oxygen atoms in total. The Hall–Kier alpha value is -2.57. The minimum absolute atomic E-state index is 0.0879. The smallest absolute Gasteiger partial charge is 0.247 e. The van der Waals surface area contributed by atoms with Gasteiger partial charge in [-0.15, -0.1) is 0 Å². The number of furan rings is 1. The number of aromatic nitrogens is 2.